The van der Waals surface area contributed by atoms with Crippen LogP contribution >= 0.6 is 15.9 Å². The fraction of sp³-hybridized carbons (Fsp3) is 0.233. The molecule has 2 atom stereocenters. The minimum Gasteiger partial charge on any atom is -0.490 e. The lowest BCUT2D eigenvalue weighted by atomic mass is 9.89. The molecule has 1 unspecified atom stereocenters. The van der Waals surface area contributed by atoms with E-state index in [1.165, 1.54) is 5.57 Å². The standard InChI is InChI=1S/C73H67BrN15O2/c1-46-19-25-51(26-20-46)81-69-60(63-16-6-9-38-76-63)44-79-72(86-69)89(55-32-21-47-12-3-4-13-49(47)40-55)66-41-54(31-36-67(66)90)82-70-61(64-17-7-10-39-77-64)45-88(2)73(87-70)84-65-18-11-14-48-22-33-57(42-58(48)65)91-56-34-29-52(30-35-56)80-68-59(62-15-5-8-37-75-62)43-78-71(85-68)83-53-27-23-50(74)24-28-53/h3-18,21-24,27-28,32-33,37-40,42-43,52,56,66-67,90H,1,19-20,25-26,29-31,34-36,41,45H2,2H3,(H,84,87)(H2,78,80,83,85)/q+1/b82-54+/t52?,56?,66?,67-/m0/s1. The van der Waals surface area contributed by atoms with Crippen molar-refractivity contribution in [3.05, 3.63) is 217 Å². The smallest absolute Gasteiger partial charge is 0.490 e. The van der Waals surface area contributed by atoms with Crippen molar-refractivity contribution < 1.29 is 14.8 Å². The molecule has 0 bridgehead atoms. The molecule has 4 aliphatic rings. The summed E-state index contributed by atoms with van der Waals surface area (Å²) in [6.07, 6.45) is 18.1. The summed E-state index contributed by atoms with van der Waals surface area (Å²) in [5.74, 6) is 4.09. The molecular formula is C73H67BrN15O2+. The van der Waals surface area contributed by atoms with E-state index in [9.17, 15) is 5.11 Å². The number of hydrogen-bond donors (Lipinski definition) is 4. The molecule has 91 heavy (non-hydrogen) atoms. The lowest BCUT2D eigenvalue weighted by Crippen LogP contribution is -2.47. The van der Waals surface area contributed by atoms with Gasteiger partial charge in [0.05, 0.1) is 41.4 Å². The van der Waals surface area contributed by atoms with Gasteiger partial charge in [0.15, 0.2) is 17.6 Å². The van der Waals surface area contributed by atoms with Crippen LogP contribution in [0.4, 0.5) is 40.6 Å². The van der Waals surface area contributed by atoms with Crippen LogP contribution in [0, 0.1) is 6.20 Å². The third-order valence-corrected chi connectivity index (χ3v) is 17.8. The van der Waals surface area contributed by atoms with Crippen molar-refractivity contribution in [2.24, 2.45) is 15.0 Å². The van der Waals surface area contributed by atoms with Gasteiger partial charge in [0.25, 0.3) is 5.82 Å². The minimum absolute atomic E-state index is 0.0280. The van der Waals surface area contributed by atoms with Gasteiger partial charge in [-0.3, -0.25) is 15.0 Å². The van der Waals surface area contributed by atoms with Crippen LogP contribution in [-0.2, 0) is 0 Å². The number of pyridine rings is 3. The Morgan fingerprint density at radius 3 is 2.19 bits per heavy atom. The first-order chi connectivity index (χ1) is 44.7. The number of allylic oxidation sites excluding steroid dienone is 1. The quantitative estimate of drug-likeness (QED) is 0.0706. The average molecular weight is 1270 g/mol. The molecule has 10 aromatic rings. The Hall–Kier alpha value is -10.2. The lowest BCUT2D eigenvalue weighted by Gasteiger charge is -2.33. The highest BCUT2D eigenvalue weighted by Crippen LogP contribution is 2.39. The number of hydrogen-bond acceptors (Lipinski definition) is 16. The second-order valence-electron chi connectivity index (χ2n) is 23.6. The molecule has 5 aromatic carbocycles. The summed E-state index contributed by atoms with van der Waals surface area (Å²) >= 11 is 3.53. The van der Waals surface area contributed by atoms with Crippen LogP contribution in [0.1, 0.15) is 76.3 Å². The van der Waals surface area contributed by atoms with E-state index < -0.39 is 12.1 Å². The minimum atomic E-state index is -0.763. The molecule has 0 saturated heterocycles. The molecule has 18 heteroatoms. The van der Waals surface area contributed by atoms with Gasteiger partial charge in [0.1, 0.15) is 23.3 Å². The predicted molar refractivity (Wildman–Crippen MR) is 366 cm³/mol. The van der Waals surface area contributed by atoms with Crippen molar-refractivity contribution >= 4 is 101 Å². The molecule has 4 N–H and O–H groups in total. The number of nitrogens with one attached hydrogen (secondary N) is 3. The number of aromatic nitrogens is 7. The SMILES string of the molecule is C=C1CCC(=Nc2nc(N(c3ccc4ccccc4c3)C3C/C(=N/C4=C(c5ccccn5)CN(C)C(Nc5cccc6ccc(OC7CCC(Nc8nc(Nc9ccc(Br)cc9)ncc8-c8ccccn8)CC7)cc56)=N4)CC[C@@H]3O)[n+]#cc2-c2ccccn2)CC1. The number of rotatable bonds is 15. The number of guanidine groups is 1. The first-order valence-electron chi connectivity index (χ1n) is 31.1. The highest BCUT2D eigenvalue weighted by molar-refractivity contribution is 9.10. The third-order valence-electron chi connectivity index (χ3n) is 17.3. The summed E-state index contributed by atoms with van der Waals surface area (Å²) in [6.45, 7) is 4.73. The molecule has 14 rings (SSSR count). The van der Waals surface area contributed by atoms with Gasteiger partial charge in [-0.2, -0.15) is 15.0 Å². The van der Waals surface area contributed by atoms with E-state index in [-0.39, 0.29) is 12.1 Å². The number of aliphatic hydroxyl groups is 1. The molecule has 5 aromatic heterocycles. The number of aliphatic imine (C=N–C) groups is 3. The second-order valence-corrected chi connectivity index (χ2v) is 24.5. The van der Waals surface area contributed by atoms with Crippen LogP contribution in [0.3, 0.4) is 0 Å². The highest BCUT2D eigenvalue weighted by atomic mass is 79.9. The summed E-state index contributed by atoms with van der Waals surface area (Å²) in [6, 6.07) is 52.3. The summed E-state index contributed by atoms with van der Waals surface area (Å²) in [5.41, 5.74) is 10.4. The summed E-state index contributed by atoms with van der Waals surface area (Å²) in [7, 11) is 2.03. The third kappa shape index (κ3) is 13.4. The Morgan fingerprint density at radius 1 is 0.692 bits per heavy atom. The molecule has 6 heterocycles. The molecule has 3 saturated carbocycles. The van der Waals surface area contributed by atoms with Gasteiger partial charge in [-0.15, -0.1) is 0 Å². The van der Waals surface area contributed by atoms with E-state index in [1.807, 2.05) is 104 Å². The second kappa shape index (κ2) is 26.5. The number of fused-ring (bicyclic) bond motifs is 2. The monoisotopic (exact) mass is 1260 g/mol. The maximum absolute atomic E-state index is 12.3. The van der Waals surface area contributed by atoms with Crippen LogP contribution < -0.4 is 30.6 Å². The van der Waals surface area contributed by atoms with Gasteiger partial charge >= 0.3 is 5.95 Å². The van der Waals surface area contributed by atoms with E-state index >= 15 is 0 Å². The normalized spacial score (nSPS) is 19.0. The number of anilines is 6. The van der Waals surface area contributed by atoms with Crippen molar-refractivity contribution in [3.63, 3.8) is 0 Å². The molecule has 3 fully saturated rings. The van der Waals surface area contributed by atoms with Crippen molar-refractivity contribution in [1.29, 1.82) is 0 Å². The molecule has 17 nitrogen and oxygen atoms in total. The van der Waals surface area contributed by atoms with Crippen LogP contribution in [0.5, 0.6) is 5.75 Å². The number of benzene rings is 5. The van der Waals surface area contributed by atoms with Gasteiger partial charge in [-0.05, 0) is 176 Å². The Balaban J connectivity index is 0.733. The van der Waals surface area contributed by atoms with Crippen LogP contribution in [0.25, 0.3) is 49.6 Å². The van der Waals surface area contributed by atoms with E-state index in [0.717, 1.165) is 140 Å². The molecule has 1 aliphatic heterocycles. The molecule has 0 amide bonds. The van der Waals surface area contributed by atoms with Gasteiger partial charge in [-0.1, -0.05) is 94.8 Å². The van der Waals surface area contributed by atoms with Crippen molar-refractivity contribution in [1.82, 2.24) is 34.8 Å². The average Bonchev–Trinajstić information content (AvgIpc) is 1.05. The van der Waals surface area contributed by atoms with Gasteiger partial charge < -0.3 is 30.7 Å². The topological polar surface area (TPSA) is 201 Å². The zero-order valence-corrected chi connectivity index (χ0v) is 52.0. The van der Waals surface area contributed by atoms with Gasteiger partial charge in [-0.25, -0.2) is 19.9 Å². The van der Waals surface area contributed by atoms with Crippen molar-refractivity contribution in [2.45, 2.75) is 94.9 Å². The van der Waals surface area contributed by atoms with Crippen LogP contribution in [0.15, 0.2) is 220 Å². The Labute approximate surface area is 537 Å². The summed E-state index contributed by atoms with van der Waals surface area (Å²) in [5, 5.41) is 27.4. The van der Waals surface area contributed by atoms with Crippen LogP contribution in [-0.4, -0.2) is 95.2 Å². The molecule has 0 spiro atoms. The van der Waals surface area contributed by atoms with E-state index in [2.05, 4.69) is 136 Å². The van der Waals surface area contributed by atoms with Crippen molar-refractivity contribution in [2.75, 3.05) is 34.4 Å². The molecule has 3 aliphatic carbocycles. The van der Waals surface area contributed by atoms with Crippen molar-refractivity contribution in [3.8, 4) is 28.3 Å². The van der Waals surface area contributed by atoms with E-state index in [0.29, 0.717) is 66.6 Å². The Bertz CT molecular complexity index is 4410. The maximum atomic E-state index is 12.3. The number of aliphatic hydroxyl groups excluding tert-OH is 1. The molecule has 0 radical (unpaired) electrons. The fourth-order valence-corrected chi connectivity index (χ4v) is 12.7. The predicted octanol–water partition coefficient (Wildman–Crippen LogP) is 14.9. The number of nitrogens with zero attached hydrogens (tertiary/aromatic N) is 12. The molecule has 452 valence electrons. The Morgan fingerprint density at radius 2 is 1.42 bits per heavy atom. The Kier molecular flexibility index (Phi) is 17.0. The summed E-state index contributed by atoms with van der Waals surface area (Å²) < 4.78 is 7.83. The first-order valence-corrected chi connectivity index (χ1v) is 31.9. The maximum Gasteiger partial charge on any atom is 0.499 e. The summed E-state index contributed by atoms with van der Waals surface area (Å²) in [4.78, 5) is 54.3. The first kappa shape index (κ1) is 58.5. The lowest BCUT2D eigenvalue weighted by molar-refractivity contribution is -0.283. The fourth-order valence-electron chi connectivity index (χ4n) is 12.4. The number of ether oxygens (including phenoxy) is 1. The molecular weight excluding hydrogens is 1200 g/mol. The zero-order chi connectivity index (χ0) is 61.6. The van der Waals surface area contributed by atoms with Gasteiger partial charge in [0, 0.05) is 82.5 Å². The number of halogens is 1. The number of likely N-dealkylation sites (N-methyl/N-ethyl adjacent to an activating group) is 1. The largest absolute Gasteiger partial charge is 0.499 e. The van der Waals surface area contributed by atoms with Gasteiger partial charge in [0.2, 0.25) is 11.9 Å². The zero-order valence-electron chi connectivity index (χ0n) is 50.4. The van der Waals surface area contributed by atoms with Crippen LogP contribution in [0.2, 0.25) is 0 Å². The van der Waals surface area contributed by atoms with E-state index in [1.54, 1.807) is 18.6 Å². The van der Waals surface area contributed by atoms with E-state index in [4.69, 9.17) is 39.6 Å². The highest BCUT2D eigenvalue weighted by Gasteiger charge is 2.41.